The zero-order valence-electron chi connectivity index (χ0n) is 13.3. The van der Waals surface area contributed by atoms with Gasteiger partial charge in [-0.15, -0.1) is 0 Å². The Hall–Kier alpha value is -1.63. The molecule has 0 aromatic carbocycles. The van der Waals surface area contributed by atoms with Crippen LogP contribution in [0, 0.1) is 6.92 Å². The first-order valence-electron chi connectivity index (χ1n) is 6.80. The highest BCUT2D eigenvalue weighted by molar-refractivity contribution is 5.81. The monoisotopic (exact) mass is 255 g/mol. The summed E-state index contributed by atoms with van der Waals surface area (Å²) in [6.07, 6.45) is 6.06. The number of aromatic nitrogens is 1. The Morgan fingerprint density at radius 2 is 1.68 bits per heavy atom. The Bertz CT molecular complexity index is 549. The first-order chi connectivity index (χ1) is 8.88. The van der Waals surface area contributed by atoms with Crippen LogP contribution in [0.4, 0.5) is 0 Å². The molecule has 0 unspecified atom stereocenters. The SMILES string of the molecule is C/C=C\c1ncc(C(=C(C)C)C(C)=C(C)C)cc1C. The van der Waals surface area contributed by atoms with Crippen molar-refractivity contribution in [3.63, 3.8) is 0 Å². The molecule has 1 heteroatoms. The van der Waals surface area contributed by atoms with Gasteiger partial charge in [-0.2, -0.15) is 0 Å². The third kappa shape index (κ3) is 3.66. The normalized spacial score (nSPS) is 10.7. The number of pyridine rings is 1. The number of hydrogen-bond acceptors (Lipinski definition) is 1. The van der Waals surface area contributed by atoms with Gasteiger partial charge < -0.3 is 0 Å². The van der Waals surface area contributed by atoms with Gasteiger partial charge in [-0.25, -0.2) is 0 Å². The maximum atomic E-state index is 4.57. The summed E-state index contributed by atoms with van der Waals surface area (Å²) < 4.78 is 0. The van der Waals surface area contributed by atoms with Crippen molar-refractivity contribution in [1.82, 2.24) is 4.98 Å². The van der Waals surface area contributed by atoms with Crippen LogP contribution in [0.25, 0.3) is 11.6 Å². The van der Waals surface area contributed by atoms with Crippen molar-refractivity contribution < 1.29 is 0 Å². The Morgan fingerprint density at radius 3 is 2.11 bits per heavy atom. The molecule has 102 valence electrons. The lowest BCUT2D eigenvalue weighted by Gasteiger charge is -2.14. The molecule has 0 saturated carbocycles. The highest BCUT2D eigenvalue weighted by atomic mass is 14.7. The zero-order chi connectivity index (χ0) is 14.6. The molecule has 0 aliphatic rings. The zero-order valence-corrected chi connectivity index (χ0v) is 13.3. The smallest absolute Gasteiger partial charge is 0.0655 e. The first kappa shape index (κ1) is 15.4. The molecule has 0 bridgehead atoms. The fourth-order valence-electron chi connectivity index (χ4n) is 2.18. The molecular weight excluding hydrogens is 230 g/mol. The lowest BCUT2D eigenvalue weighted by atomic mass is 9.92. The summed E-state index contributed by atoms with van der Waals surface area (Å²) >= 11 is 0. The molecule has 1 aromatic heterocycles. The number of allylic oxidation sites excluding steroid dienone is 5. The van der Waals surface area contributed by atoms with Gasteiger partial charge >= 0.3 is 0 Å². The van der Waals surface area contributed by atoms with E-state index < -0.39 is 0 Å². The average molecular weight is 255 g/mol. The predicted molar refractivity (Wildman–Crippen MR) is 86.0 cm³/mol. The van der Waals surface area contributed by atoms with Crippen LogP contribution >= 0.6 is 0 Å². The van der Waals surface area contributed by atoms with Crippen LogP contribution in [0.3, 0.4) is 0 Å². The molecule has 0 amide bonds. The van der Waals surface area contributed by atoms with E-state index in [-0.39, 0.29) is 0 Å². The van der Waals surface area contributed by atoms with Gasteiger partial charge in [0, 0.05) is 11.8 Å². The molecule has 0 atom stereocenters. The Morgan fingerprint density at radius 1 is 1.05 bits per heavy atom. The summed E-state index contributed by atoms with van der Waals surface area (Å²) in [5.41, 5.74) is 8.84. The molecular formula is C18H25N. The van der Waals surface area contributed by atoms with Crippen LogP contribution in [0.1, 0.15) is 58.4 Å². The van der Waals surface area contributed by atoms with Crippen LogP contribution in [0.15, 0.2) is 35.1 Å². The van der Waals surface area contributed by atoms with Crippen molar-refractivity contribution in [1.29, 1.82) is 0 Å². The van der Waals surface area contributed by atoms with Gasteiger partial charge in [0.25, 0.3) is 0 Å². The Kier molecular flexibility index (Phi) is 5.29. The molecule has 1 heterocycles. The van der Waals surface area contributed by atoms with E-state index in [1.165, 1.54) is 33.4 Å². The third-order valence-corrected chi connectivity index (χ3v) is 3.36. The molecule has 0 saturated heterocycles. The lowest BCUT2D eigenvalue weighted by Crippen LogP contribution is -1.96. The number of rotatable bonds is 3. The summed E-state index contributed by atoms with van der Waals surface area (Å²) in [7, 11) is 0. The van der Waals surface area contributed by atoms with Crippen molar-refractivity contribution in [2.75, 3.05) is 0 Å². The summed E-state index contributed by atoms with van der Waals surface area (Å²) in [5.74, 6) is 0. The second-order valence-electron chi connectivity index (χ2n) is 5.43. The van der Waals surface area contributed by atoms with Crippen molar-refractivity contribution in [2.24, 2.45) is 0 Å². The van der Waals surface area contributed by atoms with Gasteiger partial charge in [-0.05, 0) is 77.3 Å². The third-order valence-electron chi connectivity index (χ3n) is 3.36. The first-order valence-corrected chi connectivity index (χ1v) is 6.80. The minimum Gasteiger partial charge on any atom is -0.256 e. The highest BCUT2D eigenvalue weighted by Gasteiger charge is 2.09. The Labute approximate surface area is 117 Å². The quantitative estimate of drug-likeness (QED) is 0.643. The highest BCUT2D eigenvalue weighted by Crippen LogP contribution is 2.29. The van der Waals surface area contributed by atoms with E-state index in [0.717, 1.165) is 5.69 Å². The van der Waals surface area contributed by atoms with E-state index in [2.05, 4.69) is 58.7 Å². The van der Waals surface area contributed by atoms with Crippen molar-refractivity contribution >= 4 is 11.6 Å². The van der Waals surface area contributed by atoms with Crippen LogP contribution in [0.2, 0.25) is 0 Å². The lowest BCUT2D eigenvalue weighted by molar-refractivity contribution is 1.20. The molecule has 0 aliphatic carbocycles. The number of nitrogens with zero attached hydrogens (tertiary/aromatic N) is 1. The van der Waals surface area contributed by atoms with Crippen molar-refractivity contribution in [3.8, 4) is 0 Å². The summed E-state index contributed by atoms with van der Waals surface area (Å²) in [5, 5.41) is 0. The molecule has 0 fully saturated rings. The fourth-order valence-corrected chi connectivity index (χ4v) is 2.18. The van der Waals surface area contributed by atoms with Gasteiger partial charge in [0.2, 0.25) is 0 Å². The second-order valence-corrected chi connectivity index (χ2v) is 5.43. The van der Waals surface area contributed by atoms with E-state index in [4.69, 9.17) is 0 Å². The standard InChI is InChI=1S/C18H25N/c1-8-9-17-14(6)10-16(11-19-17)18(13(4)5)15(7)12(2)3/h8-11H,1-7H3/b9-8-. The molecule has 1 aromatic rings. The van der Waals surface area contributed by atoms with E-state index >= 15 is 0 Å². The van der Waals surface area contributed by atoms with Gasteiger partial charge in [0.05, 0.1) is 5.69 Å². The van der Waals surface area contributed by atoms with Gasteiger partial charge in [-0.3, -0.25) is 4.98 Å². The Balaban J connectivity index is 3.40. The minimum atomic E-state index is 1.05. The van der Waals surface area contributed by atoms with Crippen LogP contribution in [-0.2, 0) is 0 Å². The maximum absolute atomic E-state index is 4.57. The summed E-state index contributed by atoms with van der Waals surface area (Å²) in [6, 6.07) is 2.23. The van der Waals surface area contributed by atoms with Crippen molar-refractivity contribution in [2.45, 2.75) is 48.5 Å². The number of aryl methyl sites for hydroxylation is 1. The van der Waals surface area contributed by atoms with Crippen molar-refractivity contribution in [3.05, 3.63) is 51.9 Å². The van der Waals surface area contributed by atoms with Gasteiger partial charge in [0.15, 0.2) is 0 Å². The molecule has 0 radical (unpaired) electrons. The van der Waals surface area contributed by atoms with Gasteiger partial charge in [0.1, 0.15) is 0 Å². The van der Waals surface area contributed by atoms with E-state index in [1.807, 2.05) is 19.2 Å². The topological polar surface area (TPSA) is 12.9 Å². The van der Waals surface area contributed by atoms with Crippen LogP contribution in [0.5, 0.6) is 0 Å². The second kappa shape index (κ2) is 6.51. The molecule has 0 N–H and O–H groups in total. The molecule has 0 spiro atoms. The van der Waals surface area contributed by atoms with Gasteiger partial charge in [-0.1, -0.05) is 17.2 Å². The van der Waals surface area contributed by atoms with E-state index in [1.54, 1.807) is 0 Å². The van der Waals surface area contributed by atoms with Crippen LogP contribution < -0.4 is 0 Å². The largest absolute Gasteiger partial charge is 0.256 e. The summed E-state index contributed by atoms with van der Waals surface area (Å²) in [4.78, 5) is 4.57. The maximum Gasteiger partial charge on any atom is 0.0655 e. The van der Waals surface area contributed by atoms with E-state index in [0.29, 0.717) is 0 Å². The molecule has 1 rings (SSSR count). The minimum absolute atomic E-state index is 1.05. The fraction of sp³-hybridized carbons (Fsp3) is 0.389. The molecule has 0 aliphatic heterocycles. The molecule has 19 heavy (non-hydrogen) atoms. The number of hydrogen-bond donors (Lipinski definition) is 0. The molecule has 1 nitrogen and oxygen atoms in total. The van der Waals surface area contributed by atoms with Crippen LogP contribution in [-0.4, -0.2) is 4.98 Å². The predicted octanol–water partition coefficient (Wildman–Crippen LogP) is 5.57. The van der Waals surface area contributed by atoms with E-state index in [9.17, 15) is 0 Å². The summed E-state index contributed by atoms with van der Waals surface area (Å²) in [6.45, 7) is 15.0. The average Bonchev–Trinajstić information content (AvgIpc) is 2.32.